The van der Waals surface area contributed by atoms with Crippen molar-refractivity contribution in [2.24, 2.45) is 14.1 Å². The predicted octanol–water partition coefficient (Wildman–Crippen LogP) is 3.78. The topological polar surface area (TPSA) is 186 Å². The van der Waals surface area contributed by atoms with Gasteiger partial charge in [0.15, 0.2) is 5.78 Å². The number of hydrogen-bond donors (Lipinski definition) is 4. The van der Waals surface area contributed by atoms with E-state index in [1.807, 2.05) is 7.05 Å². The molecule has 278 valence electrons. The Bertz CT molecular complexity index is 2320. The first-order valence-corrected chi connectivity index (χ1v) is 17.9. The second-order valence-corrected chi connectivity index (χ2v) is 14.1. The standard InChI is InChI=1S/C19H19FN6O.C19H19FN4O3/c1-26-18(21-9-22-26)15-16(10-5-7-11(20)8-6-10)23-13-4-2-3-12-14(13)17(15)24-25-19(12)27;1-24-18(21-9-22-24)15-16(10-5-7-11(20)8-6-10)23-13-4-2-3-12(19(26)27)14(13)17(15)25/h5-9,13,15-16,23H,2-4H2,1H3,(H,25,27);5-9,13,15-16,23H,2-4H2,1H3,(H,26,27). The summed E-state index contributed by atoms with van der Waals surface area (Å²) >= 11 is 0. The van der Waals surface area contributed by atoms with Crippen molar-refractivity contribution in [2.75, 3.05) is 0 Å². The zero-order chi connectivity index (χ0) is 37.7. The van der Waals surface area contributed by atoms with Gasteiger partial charge in [0.25, 0.3) is 5.56 Å². The summed E-state index contributed by atoms with van der Waals surface area (Å²) in [7, 11) is 3.53. The Balaban J connectivity index is 0.000000153. The van der Waals surface area contributed by atoms with Gasteiger partial charge in [-0.05, 0) is 73.9 Å². The summed E-state index contributed by atoms with van der Waals surface area (Å²) in [6, 6.07) is 11.6. The molecule has 4 N–H and O–H groups in total. The van der Waals surface area contributed by atoms with Crippen LogP contribution in [0, 0.1) is 11.6 Å². The van der Waals surface area contributed by atoms with Gasteiger partial charge in [-0.3, -0.25) is 19.0 Å². The van der Waals surface area contributed by atoms with Crippen molar-refractivity contribution in [1.29, 1.82) is 0 Å². The van der Waals surface area contributed by atoms with Gasteiger partial charge in [0, 0.05) is 60.5 Å². The third-order valence-electron chi connectivity index (χ3n) is 11.1. The number of aryl methyl sites for hydroxylation is 2. The number of ketones is 1. The molecule has 2 aromatic carbocycles. The number of aromatic nitrogens is 8. The minimum atomic E-state index is -1.05. The number of hydrogen-bond acceptors (Lipinski definition) is 10. The highest BCUT2D eigenvalue weighted by atomic mass is 19.1. The number of aromatic amines is 1. The molecule has 0 bridgehead atoms. The number of aliphatic carboxylic acids is 1. The van der Waals surface area contributed by atoms with Gasteiger partial charge in [0.1, 0.15) is 41.9 Å². The molecule has 2 aliphatic carbocycles. The molecule has 4 aliphatic rings. The number of piperidine rings is 1. The first kappa shape index (κ1) is 35.3. The van der Waals surface area contributed by atoms with Crippen LogP contribution in [0.3, 0.4) is 0 Å². The molecule has 0 saturated carbocycles. The maximum absolute atomic E-state index is 13.5. The van der Waals surface area contributed by atoms with Crippen molar-refractivity contribution >= 4 is 11.8 Å². The lowest BCUT2D eigenvalue weighted by atomic mass is 9.73. The van der Waals surface area contributed by atoms with Crippen LogP contribution in [0.25, 0.3) is 0 Å². The molecule has 3 aromatic heterocycles. The molecule has 0 amide bonds. The van der Waals surface area contributed by atoms with Crippen molar-refractivity contribution in [3.05, 3.63) is 134 Å². The minimum Gasteiger partial charge on any atom is -0.478 e. The zero-order valence-electron chi connectivity index (χ0n) is 29.5. The second kappa shape index (κ2) is 14.2. The number of benzene rings is 2. The largest absolute Gasteiger partial charge is 0.478 e. The number of carboxylic acids is 1. The van der Waals surface area contributed by atoms with Gasteiger partial charge in [-0.1, -0.05) is 24.3 Å². The van der Waals surface area contributed by atoms with Crippen LogP contribution < -0.4 is 16.2 Å². The van der Waals surface area contributed by atoms with E-state index < -0.39 is 17.9 Å². The fraction of sp³-hybridized carbons (Fsp3) is 0.368. The number of H-pyrrole nitrogens is 1. The van der Waals surface area contributed by atoms with Crippen LogP contribution in [0.5, 0.6) is 0 Å². The maximum Gasteiger partial charge on any atom is 0.332 e. The van der Waals surface area contributed by atoms with Gasteiger partial charge in [-0.25, -0.2) is 28.6 Å². The van der Waals surface area contributed by atoms with Crippen LogP contribution in [0.4, 0.5) is 8.78 Å². The minimum absolute atomic E-state index is 0.0538. The van der Waals surface area contributed by atoms with E-state index in [1.165, 1.54) is 41.6 Å². The molecule has 0 spiro atoms. The van der Waals surface area contributed by atoms with Crippen molar-refractivity contribution in [3.63, 3.8) is 0 Å². The molecule has 6 atom stereocenters. The van der Waals surface area contributed by atoms with E-state index in [-0.39, 0.29) is 52.6 Å². The third-order valence-corrected chi connectivity index (χ3v) is 11.1. The normalized spacial score (nSPS) is 24.6. The number of carbonyl (C=O) groups is 2. The van der Waals surface area contributed by atoms with E-state index in [4.69, 9.17) is 0 Å². The van der Waals surface area contributed by atoms with E-state index in [1.54, 1.807) is 36.0 Å². The Kier molecular flexibility index (Phi) is 9.31. The molecule has 9 rings (SSSR count). The van der Waals surface area contributed by atoms with Crippen LogP contribution in [0.15, 0.2) is 77.1 Å². The van der Waals surface area contributed by atoms with Gasteiger partial charge < -0.3 is 15.7 Å². The smallest absolute Gasteiger partial charge is 0.332 e. The van der Waals surface area contributed by atoms with Crippen LogP contribution in [-0.4, -0.2) is 62.6 Å². The maximum atomic E-state index is 13.5. The van der Waals surface area contributed by atoms with E-state index in [0.29, 0.717) is 30.7 Å². The molecular formula is C38H38F2N10O4. The second-order valence-electron chi connectivity index (χ2n) is 14.1. The molecule has 54 heavy (non-hydrogen) atoms. The van der Waals surface area contributed by atoms with Crippen molar-refractivity contribution in [2.45, 2.75) is 74.5 Å². The van der Waals surface area contributed by atoms with Crippen LogP contribution in [-0.2, 0) is 30.1 Å². The van der Waals surface area contributed by atoms with E-state index in [2.05, 4.69) is 41.0 Å². The number of nitrogens with one attached hydrogen (secondary N) is 3. The lowest BCUT2D eigenvalue weighted by Crippen LogP contribution is -2.50. The number of nitrogens with zero attached hydrogens (tertiary/aromatic N) is 7. The van der Waals surface area contributed by atoms with Gasteiger partial charge in [-0.2, -0.15) is 15.3 Å². The fourth-order valence-electron chi connectivity index (χ4n) is 8.60. The highest BCUT2D eigenvalue weighted by Gasteiger charge is 2.47. The fourth-order valence-corrected chi connectivity index (χ4v) is 8.60. The van der Waals surface area contributed by atoms with Gasteiger partial charge in [0.05, 0.1) is 11.6 Å². The zero-order valence-corrected chi connectivity index (χ0v) is 29.5. The monoisotopic (exact) mass is 736 g/mol. The number of halogens is 2. The third kappa shape index (κ3) is 6.24. The van der Waals surface area contributed by atoms with Crippen LogP contribution in [0.1, 0.15) is 102 Å². The Morgan fingerprint density at radius 1 is 0.778 bits per heavy atom. The lowest BCUT2D eigenvalue weighted by molar-refractivity contribution is -0.133. The van der Waals surface area contributed by atoms with Gasteiger partial charge in [-0.15, -0.1) is 0 Å². The molecule has 14 nitrogen and oxygen atoms in total. The van der Waals surface area contributed by atoms with E-state index in [9.17, 15) is 28.3 Å². The number of carbonyl (C=O) groups excluding carboxylic acids is 1. The SMILES string of the molecule is Cn1ncnc1C1C(=O)C2=C(C(=O)O)CCCC2NC1c1ccc(F)cc1.Cn1ncnc1C1c2n[nH]c(=O)c3c2C(CCC3)NC1c1ccc(F)cc1. The molecule has 16 heteroatoms. The Hall–Kier alpha value is -5.74. The summed E-state index contributed by atoms with van der Waals surface area (Å²) in [5, 5.41) is 32.1. The molecule has 5 heterocycles. The van der Waals surface area contributed by atoms with Crippen molar-refractivity contribution in [3.8, 4) is 0 Å². The Morgan fingerprint density at radius 2 is 1.31 bits per heavy atom. The summed E-state index contributed by atoms with van der Waals surface area (Å²) in [5.74, 6) is -1.70. The summed E-state index contributed by atoms with van der Waals surface area (Å²) in [6.45, 7) is 0. The number of carboxylic acid groups (broad SMARTS) is 1. The predicted molar refractivity (Wildman–Crippen MR) is 189 cm³/mol. The molecule has 1 saturated heterocycles. The highest BCUT2D eigenvalue weighted by Crippen LogP contribution is 2.46. The van der Waals surface area contributed by atoms with Gasteiger partial charge in [0.2, 0.25) is 0 Å². The number of rotatable bonds is 5. The van der Waals surface area contributed by atoms with Crippen LogP contribution >= 0.6 is 0 Å². The van der Waals surface area contributed by atoms with Crippen LogP contribution in [0.2, 0.25) is 0 Å². The summed E-state index contributed by atoms with van der Waals surface area (Å²) in [6.07, 6.45) is 7.27. The molecule has 2 aliphatic heterocycles. The highest BCUT2D eigenvalue weighted by molar-refractivity contribution is 6.08. The number of Topliss-reactive ketones (excluding diaryl/α,β-unsaturated/α-hetero) is 1. The average molecular weight is 737 g/mol. The molecule has 5 aromatic rings. The first-order valence-electron chi connectivity index (χ1n) is 17.9. The summed E-state index contributed by atoms with van der Waals surface area (Å²) in [5.41, 5.74) is 4.74. The Morgan fingerprint density at radius 3 is 1.89 bits per heavy atom. The summed E-state index contributed by atoms with van der Waals surface area (Å²) < 4.78 is 30.1. The molecule has 0 radical (unpaired) electrons. The first-order chi connectivity index (χ1) is 26.1. The van der Waals surface area contributed by atoms with Gasteiger partial charge >= 0.3 is 5.97 Å². The lowest BCUT2D eigenvalue weighted by Gasteiger charge is -2.40. The van der Waals surface area contributed by atoms with Crippen molar-refractivity contribution in [1.82, 2.24) is 50.4 Å². The van der Waals surface area contributed by atoms with E-state index >= 15 is 0 Å². The molecular weight excluding hydrogens is 698 g/mol. The number of fused-ring (bicyclic) bond motifs is 1. The average Bonchev–Trinajstić information content (AvgIpc) is 3.80. The molecule has 1 fully saturated rings. The van der Waals surface area contributed by atoms with Crippen molar-refractivity contribution < 1.29 is 23.5 Å². The molecule has 6 unspecified atom stereocenters. The van der Waals surface area contributed by atoms with E-state index in [0.717, 1.165) is 53.0 Å². The Labute approximate surface area is 307 Å². The quantitative estimate of drug-likeness (QED) is 0.206. The summed E-state index contributed by atoms with van der Waals surface area (Å²) in [4.78, 5) is 46.2.